The number of carbonyl (C=O) groups excluding carboxylic acids is 1. The van der Waals surface area contributed by atoms with Crippen LogP contribution in [0.25, 0.3) is 6.08 Å². The van der Waals surface area contributed by atoms with Crippen molar-refractivity contribution in [1.29, 1.82) is 0 Å². The minimum Gasteiger partial charge on any atom is -0.504 e. The molecule has 26 heavy (non-hydrogen) atoms. The Hall–Kier alpha value is -3.55. The molecule has 0 fully saturated rings. The van der Waals surface area contributed by atoms with E-state index in [-0.39, 0.29) is 19.0 Å². The number of aromatic hydroxyl groups is 1. The Bertz CT molecular complexity index is 817. The molecule has 0 radical (unpaired) electrons. The standard InChI is InChI=1S/C18H17NO7/c1-24-17-10-13(5-7-16(17)20)6-8-18(21)25-11-14-3-2-4-15(9-14)12-26-19(22)23/h2-10,20H,11-12H2,1H3/b8-6+. The molecule has 0 saturated carbocycles. The van der Waals surface area contributed by atoms with E-state index in [1.807, 2.05) is 0 Å². The lowest BCUT2D eigenvalue weighted by Gasteiger charge is -2.05. The molecule has 0 aliphatic heterocycles. The van der Waals surface area contributed by atoms with E-state index < -0.39 is 11.1 Å². The van der Waals surface area contributed by atoms with Gasteiger partial charge < -0.3 is 19.4 Å². The van der Waals surface area contributed by atoms with Crippen molar-refractivity contribution in [3.63, 3.8) is 0 Å². The third-order valence-corrected chi connectivity index (χ3v) is 3.32. The van der Waals surface area contributed by atoms with Crippen LogP contribution in [0.2, 0.25) is 0 Å². The fourth-order valence-corrected chi connectivity index (χ4v) is 2.10. The predicted octanol–water partition coefficient (Wildman–Crippen LogP) is 2.87. The van der Waals surface area contributed by atoms with Crippen LogP contribution in [-0.2, 0) is 27.6 Å². The number of methoxy groups -OCH3 is 1. The van der Waals surface area contributed by atoms with Crippen molar-refractivity contribution in [3.05, 3.63) is 75.3 Å². The minimum absolute atomic E-state index is 0.00756. The van der Waals surface area contributed by atoms with Crippen LogP contribution in [-0.4, -0.2) is 23.3 Å². The van der Waals surface area contributed by atoms with Crippen LogP contribution in [0, 0.1) is 10.1 Å². The van der Waals surface area contributed by atoms with Crippen LogP contribution in [0.3, 0.4) is 0 Å². The number of ether oxygens (including phenoxy) is 2. The molecule has 0 atom stereocenters. The molecule has 0 aromatic heterocycles. The summed E-state index contributed by atoms with van der Waals surface area (Å²) in [6.07, 6.45) is 2.79. The average Bonchev–Trinajstić information content (AvgIpc) is 2.64. The predicted molar refractivity (Wildman–Crippen MR) is 91.7 cm³/mol. The summed E-state index contributed by atoms with van der Waals surface area (Å²) in [6.45, 7) is -0.147. The monoisotopic (exact) mass is 359 g/mol. The highest BCUT2D eigenvalue weighted by atomic mass is 16.9. The molecule has 0 spiro atoms. The average molecular weight is 359 g/mol. The summed E-state index contributed by atoms with van der Waals surface area (Å²) in [6, 6.07) is 11.4. The van der Waals surface area contributed by atoms with Gasteiger partial charge in [0.15, 0.2) is 11.5 Å². The molecule has 0 amide bonds. The van der Waals surface area contributed by atoms with Crippen molar-refractivity contribution >= 4 is 12.0 Å². The second kappa shape index (κ2) is 9.07. The number of hydrogen-bond donors (Lipinski definition) is 1. The van der Waals surface area contributed by atoms with Gasteiger partial charge in [0, 0.05) is 6.08 Å². The number of esters is 1. The molecule has 0 heterocycles. The molecule has 0 unspecified atom stereocenters. The van der Waals surface area contributed by atoms with E-state index in [0.717, 1.165) is 0 Å². The molecule has 2 rings (SSSR count). The van der Waals surface area contributed by atoms with Gasteiger partial charge in [-0.2, -0.15) is 0 Å². The van der Waals surface area contributed by atoms with E-state index in [4.69, 9.17) is 9.47 Å². The van der Waals surface area contributed by atoms with Crippen LogP contribution in [0.5, 0.6) is 11.5 Å². The third kappa shape index (κ3) is 5.82. The summed E-state index contributed by atoms with van der Waals surface area (Å²) >= 11 is 0. The molecule has 0 bridgehead atoms. The molecule has 2 aromatic rings. The van der Waals surface area contributed by atoms with Gasteiger partial charge in [0.25, 0.3) is 5.09 Å². The van der Waals surface area contributed by atoms with Gasteiger partial charge in [-0.05, 0) is 34.9 Å². The summed E-state index contributed by atoms with van der Waals surface area (Å²) in [7, 11) is 1.43. The fourth-order valence-electron chi connectivity index (χ4n) is 2.10. The SMILES string of the molecule is COc1cc(/C=C/C(=O)OCc2cccc(CO[N+](=O)[O-])c2)ccc1O. The Labute approximate surface area is 149 Å². The maximum atomic E-state index is 11.8. The van der Waals surface area contributed by atoms with Gasteiger partial charge in [-0.25, -0.2) is 4.79 Å². The van der Waals surface area contributed by atoms with Gasteiger partial charge in [-0.1, -0.05) is 30.3 Å². The summed E-state index contributed by atoms with van der Waals surface area (Å²) in [4.78, 5) is 26.3. The second-order valence-electron chi connectivity index (χ2n) is 5.19. The number of hydrogen-bond acceptors (Lipinski definition) is 7. The molecule has 0 saturated heterocycles. The van der Waals surface area contributed by atoms with Crippen LogP contribution < -0.4 is 4.74 Å². The summed E-state index contributed by atoms with van der Waals surface area (Å²) in [5, 5.41) is 18.9. The minimum atomic E-state index is -0.865. The highest BCUT2D eigenvalue weighted by molar-refractivity contribution is 5.87. The molecular formula is C18H17NO7. The van der Waals surface area contributed by atoms with Gasteiger partial charge in [0.05, 0.1) is 7.11 Å². The van der Waals surface area contributed by atoms with Crippen molar-refractivity contribution < 1.29 is 29.3 Å². The number of benzene rings is 2. The second-order valence-corrected chi connectivity index (χ2v) is 5.19. The lowest BCUT2D eigenvalue weighted by molar-refractivity contribution is -0.763. The van der Waals surface area contributed by atoms with Crippen molar-refractivity contribution in [1.82, 2.24) is 0 Å². The molecule has 136 valence electrons. The largest absolute Gasteiger partial charge is 0.504 e. The topological polar surface area (TPSA) is 108 Å². The number of phenolic OH excluding ortho intramolecular Hbond substituents is 1. The van der Waals surface area contributed by atoms with E-state index in [2.05, 4.69) is 4.84 Å². The maximum absolute atomic E-state index is 11.8. The third-order valence-electron chi connectivity index (χ3n) is 3.32. The van der Waals surface area contributed by atoms with Crippen LogP contribution in [0.15, 0.2) is 48.5 Å². The molecule has 2 aromatic carbocycles. The Morgan fingerprint density at radius 1 is 1.19 bits per heavy atom. The van der Waals surface area contributed by atoms with Crippen molar-refractivity contribution in [3.8, 4) is 11.5 Å². The van der Waals surface area contributed by atoms with Gasteiger partial charge >= 0.3 is 5.97 Å². The first-order valence-corrected chi connectivity index (χ1v) is 7.55. The number of carbonyl (C=O) groups is 1. The molecular weight excluding hydrogens is 342 g/mol. The van der Waals surface area contributed by atoms with Crippen molar-refractivity contribution in [2.45, 2.75) is 13.2 Å². The van der Waals surface area contributed by atoms with Crippen molar-refractivity contribution in [2.24, 2.45) is 0 Å². The highest BCUT2D eigenvalue weighted by Gasteiger charge is 2.04. The van der Waals surface area contributed by atoms with E-state index in [0.29, 0.717) is 22.4 Å². The highest BCUT2D eigenvalue weighted by Crippen LogP contribution is 2.26. The lowest BCUT2D eigenvalue weighted by atomic mass is 10.1. The summed E-state index contributed by atoms with van der Waals surface area (Å²) < 4.78 is 10.1. The number of phenols is 1. The first kappa shape index (κ1) is 18.8. The van der Waals surface area contributed by atoms with E-state index >= 15 is 0 Å². The van der Waals surface area contributed by atoms with Gasteiger partial charge in [0.1, 0.15) is 13.2 Å². The van der Waals surface area contributed by atoms with Crippen LogP contribution in [0.1, 0.15) is 16.7 Å². The van der Waals surface area contributed by atoms with E-state index in [1.54, 1.807) is 36.4 Å². The zero-order chi connectivity index (χ0) is 18.9. The Morgan fingerprint density at radius 2 is 1.92 bits per heavy atom. The zero-order valence-corrected chi connectivity index (χ0v) is 14.0. The smallest absolute Gasteiger partial charge is 0.331 e. The first-order valence-electron chi connectivity index (χ1n) is 7.55. The van der Waals surface area contributed by atoms with E-state index in [1.165, 1.54) is 25.3 Å². The molecule has 0 aliphatic carbocycles. The van der Waals surface area contributed by atoms with Gasteiger partial charge in [-0.3, -0.25) is 0 Å². The van der Waals surface area contributed by atoms with Crippen LogP contribution in [0.4, 0.5) is 0 Å². The maximum Gasteiger partial charge on any atom is 0.331 e. The Kier molecular flexibility index (Phi) is 6.55. The molecule has 0 aliphatic rings. The normalized spacial score (nSPS) is 10.5. The number of nitrogens with zero attached hydrogens (tertiary/aromatic N) is 1. The van der Waals surface area contributed by atoms with Gasteiger partial charge in [0.2, 0.25) is 0 Å². The van der Waals surface area contributed by atoms with E-state index in [9.17, 15) is 20.0 Å². The van der Waals surface area contributed by atoms with Crippen molar-refractivity contribution in [2.75, 3.05) is 7.11 Å². The first-order chi connectivity index (χ1) is 12.5. The molecule has 1 N–H and O–H groups in total. The number of rotatable bonds is 8. The quantitative estimate of drug-likeness (QED) is 0.334. The summed E-state index contributed by atoms with van der Waals surface area (Å²) in [5.41, 5.74) is 1.94. The van der Waals surface area contributed by atoms with Crippen LogP contribution >= 0.6 is 0 Å². The van der Waals surface area contributed by atoms with Gasteiger partial charge in [-0.15, -0.1) is 10.1 Å². The summed E-state index contributed by atoms with van der Waals surface area (Å²) in [5.74, 6) is -0.244. The zero-order valence-electron chi connectivity index (χ0n) is 14.0. The Balaban J connectivity index is 1.90. The Morgan fingerprint density at radius 3 is 2.62 bits per heavy atom. The molecule has 8 heteroatoms. The molecule has 8 nitrogen and oxygen atoms in total. The lowest BCUT2D eigenvalue weighted by Crippen LogP contribution is -2.03. The fraction of sp³-hybridized carbons (Fsp3) is 0.167.